The number of hydrogen-bond acceptors (Lipinski definition) is 6. The largest absolute Gasteiger partial charge is 0.488 e. The zero-order valence-electron chi connectivity index (χ0n) is 8.28. The fourth-order valence-corrected chi connectivity index (χ4v) is 1.08. The van der Waals surface area contributed by atoms with Crippen LogP contribution in [0.3, 0.4) is 0 Å². The molecule has 0 amide bonds. The zero-order chi connectivity index (χ0) is 12.3. The van der Waals surface area contributed by atoms with Gasteiger partial charge in [0.1, 0.15) is 0 Å². The van der Waals surface area contributed by atoms with Crippen LogP contribution in [0.2, 0.25) is 0 Å². The molecule has 0 spiro atoms. The summed E-state index contributed by atoms with van der Waals surface area (Å²) in [6, 6.07) is 3.23. The minimum atomic E-state index is -1.78. The van der Waals surface area contributed by atoms with Crippen molar-refractivity contribution in [2.45, 2.75) is 6.92 Å². The second kappa shape index (κ2) is 4.73. The molecule has 0 atom stereocenters. The molecule has 0 saturated carbocycles. The molecule has 1 aromatic carbocycles. The number of nitrogens with zero attached hydrogens (tertiary/aromatic N) is 1. The minimum absolute atomic E-state index is 0.00171. The number of nitro benzene ring substituents is 1. The molecule has 0 aromatic heterocycles. The molecule has 84 valence electrons. The van der Waals surface area contributed by atoms with Crippen LogP contribution in [-0.2, 0) is 4.79 Å². The van der Waals surface area contributed by atoms with Crippen LogP contribution >= 0.6 is 0 Å². The number of carbonyl (C=O) groups excluding carboxylic acids is 1. The summed E-state index contributed by atoms with van der Waals surface area (Å²) in [6.07, 6.45) is 0. The Hall–Kier alpha value is -1.93. The Bertz CT molecular complexity index is 433. The Morgan fingerprint density at radius 3 is 2.56 bits per heavy atom. The third-order valence-corrected chi connectivity index (χ3v) is 1.73. The van der Waals surface area contributed by atoms with Gasteiger partial charge in [0.15, 0.2) is 0 Å². The van der Waals surface area contributed by atoms with Gasteiger partial charge >= 0.3 is 18.8 Å². The molecule has 0 aliphatic carbocycles. The number of ether oxygens (including phenoxy) is 1. The van der Waals surface area contributed by atoms with Crippen LogP contribution in [0.1, 0.15) is 6.92 Å². The first kappa shape index (κ1) is 12.1. The van der Waals surface area contributed by atoms with E-state index in [9.17, 15) is 14.9 Å². The minimum Gasteiger partial charge on any atom is -0.423 e. The lowest BCUT2D eigenvalue weighted by molar-refractivity contribution is -0.385. The first-order valence-electron chi connectivity index (χ1n) is 4.24. The van der Waals surface area contributed by atoms with Gasteiger partial charge in [-0.3, -0.25) is 14.9 Å². The topological polar surface area (TPSA) is 110 Å². The molecule has 1 aromatic rings. The van der Waals surface area contributed by atoms with Gasteiger partial charge in [0, 0.05) is 13.0 Å². The van der Waals surface area contributed by atoms with Gasteiger partial charge in [-0.15, -0.1) is 0 Å². The van der Waals surface area contributed by atoms with Crippen LogP contribution in [-0.4, -0.2) is 28.1 Å². The van der Waals surface area contributed by atoms with E-state index in [2.05, 4.69) is 4.74 Å². The predicted octanol–water partition coefficient (Wildman–Crippen LogP) is -0.800. The molecule has 0 aliphatic heterocycles. The van der Waals surface area contributed by atoms with Crippen molar-refractivity contribution in [2.75, 3.05) is 0 Å². The van der Waals surface area contributed by atoms with E-state index < -0.39 is 23.7 Å². The fourth-order valence-electron chi connectivity index (χ4n) is 1.08. The normalized spacial score (nSPS) is 9.69. The van der Waals surface area contributed by atoms with Gasteiger partial charge in [0.2, 0.25) is 5.75 Å². The highest BCUT2D eigenvalue weighted by Gasteiger charge is 2.21. The van der Waals surface area contributed by atoms with Crippen molar-refractivity contribution in [3.63, 3.8) is 0 Å². The molecule has 0 radical (unpaired) electrons. The van der Waals surface area contributed by atoms with Gasteiger partial charge in [0.25, 0.3) is 0 Å². The zero-order valence-corrected chi connectivity index (χ0v) is 8.28. The van der Waals surface area contributed by atoms with E-state index in [1.54, 1.807) is 0 Å². The van der Waals surface area contributed by atoms with Crippen molar-refractivity contribution >= 4 is 24.2 Å². The molecule has 7 nitrogen and oxygen atoms in total. The van der Waals surface area contributed by atoms with Gasteiger partial charge < -0.3 is 14.8 Å². The number of carbonyl (C=O) groups is 1. The first-order chi connectivity index (χ1) is 7.41. The second-order valence-electron chi connectivity index (χ2n) is 2.95. The van der Waals surface area contributed by atoms with E-state index in [0.717, 1.165) is 25.1 Å². The quantitative estimate of drug-likeness (QED) is 0.229. The average molecular weight is 225 g/mol. The Balaban J connectivity index is 3.20. The van der Waals surface area contributed by atoms with Crippen LogP contribution in [0.5, 0.6) is 5.75 Å². The van der Waals surface area contributed by atoms with E-state index >= 15 is 0 Å². The van der Waals surface area contributed by atoms with Crippen LogP contribution in [0.4, 0.5) is 5.69 Å². The number of hydrogen-bond donors (Lipinski definition) is 2. The first-order valence-corrected chi connectivity index (χ1v) is 4.24. The fraction of sp³-hybridized carbons (Fsp3) is 0.125. The standard InChI is InChI=1S/C8H8BNO6/c1-5(11)16-8-4-6(9(12)13)2-3-7(8)10(14)15/h2-4,12-13H,1H3. The maximum atomic E-state index is 10.7. The van der Waals surface area contributed by atoms with E-state index in [-0.39, 0.29) is 11.2 Å². The van der Waals surface area contributed by atoms with Crippen molar-refractivity contribution in [1.82, 2.24) is 0 Å². The smallest absolute Gasteiger partial charge is 0.423 e. The van der Waals surface area contributed by atoms with Gasteiger partial charge in [-0.05, 0) is 11.5 Å². The maximum absolute atomic E-state index is 10.7. The summed E-state index contributed by atoms with van der Waals surface area (Å²) < 4.78 is 4.59. The Morgan fingerprint density at radius 1 is 1.50 bits per heavy atom. The monoisotopic (exact) mass is 225 g/mol. The van der Waals surface area contributed by atoms with Crippen molar-refractivity contribution < 1.29 is 24.5 Å². The third-order valence-electron chi connectivity index (χ3n) is 1.73. The highest BCUT2D eigenvalue weighted by Crippen LogP contribution is 2.25. The molecule has 0 unspecified atom stereocenters. The number of benzene rings is 1. The predicted molar refractivity (Wildman–Crippen MR) is 54.2 cm³/mol. The molecule has 0 fully saturated rings. The van der Waals surface area contributed by atoms with Crippen molar-refractivity contribution in [3.8, 4) is 5.75 Å². The number of esters is 1. The summed E-state index contributed by atoms with van der Waals surface area (Å²) in [6.45, 7) is 1.09. The van der Waals surface area contributed by atoms with E-state index in [1.165, 1.54) is 0 Å². The van der Waals surface area contributed by atoms with E-state index in [1.807, 2.05) is 0 Å². The lowest BCUT2D eigenvalue weighted by atomic mass is 9.80. The molecule has 0 bridgehead atoms. The number of rotatable bonds is 3. The van der Waals surface area contributed by atoms with Gasteiger partial charge in [-0.25, -0.2) is 0 Å². The van der Waals surface area contributed by atoms with Crippen molar-refractivity contribution in [2.24, 2.45) is 0 Å². The molecular weight excluding hydrogens is 217 g/mol. The Morgan fingerprint density at radius 2 is 2.12 bits per heavy atom. The number of nitro groups is 1. The summed E-state index contributed by atoms with van der Waals surface area (Å²) >= 11 is 0. The highest BCUT2D eigenvalue weighted by molar-refractivity contribution is 6.58. The molecule has 2 N–H and O–H groups in total. The lowest BCUT2D eigenvalue weighted by Gasteiger charge is -2.05. The molecule has 0 aliphatic rings. The van der Waals surface area contributed by atoms with E-state index in [0.29, 0.717) is 0 Å². The van der Waals surface area contributed by atoms with Crippen LogP contribution < -0.4 is 10.2 Å². The van der Waals surface area contributed by atoms with Crippen LogP contribution in [0.25, 0.3) is 0 Å². The summed E-state index contributed by atoms with van der Waals surface area (Å²) in [5, 5.41) is 28.3. The van der Waals surface area contributed by atoms with Gasteiger partial charge in [0.05, 0.1) is 4.92 Å². The SMILES string of the molecule is CC(=O)Oc1cc(B(O)O)ccc1[N+](=O)[O-]. The second-order valence-corrected chi connectivity index (χ2v) is 2.95. The molecule has 0 saturated heterocycles. The van der Waals surface area contributed by atoms with Gasteiger partial charge in [-0.1, -0.05) is 6.07 Å². The molecule has 8 heteroatoms. The molecule has 16 heavy (non-hydrogen) atoms. The Labute approximate surface area is 90.6 Å². The molecule has 0 heterocycles. The Kier molecular flexibility index (Phi) is 3.59. The van der Waals surface area contributed by atoms with Crippen LogP contribution in [0.15, 0.2) is 18.2 Å². The average Bonchev–Trinajstić information content (AvgIpc) is 2.15. The highest BCUT2D eigenvalue weighted by atomic mass is 16.6. The maximum Gasteiger partial charge on any atom is 0.488 e. The molecular formula is C8H8BNO6. The van der Waals surface area contributed by atoms with Crippen molar-refractivity contribution in [3.05, 3.63) is 28.3 Å². The van der Waals surface area contributed by atoms with Gasteiger partial charge in [-0.2, -0.15) is 0 Å². The van der Waals surface area contributed by atoms with Crippen molar-refractivity contribution in [1.29, 1.82) is 0 Å². The lowest BCUT2D eigenvalue weighted by Crippen LogP contribution is -2.29. The van der Waals surface area contributed by atoms with E-state index in [4.69, 9.17) is 10.0 Å². The molecule has 1 rings (SSSR count). The summed E-state index contributed by atoms with van der Waals surface area (Å²) in [5.74, 6) is -1.05. The third kappa shape index (κ3) is 2.78. The van der Waals surface area contributed by atoms with Crippen LogP contribution in [0, 0.1) is 10.1 Å². The summed E-state index contributed by atoms with van der Waals surface area (Å²) in [7, 11) is -1.78. The summed E-state index contributed by atoms with van der Waals surface area (Å²) in [4.78, 5) is 20.5. The summed E-state index contributed by atoms with van der Waals surface area (Å²) in [5.41, 5.74) is -0.415.